The third-order valence-corrected chi connectivity index (χ3v) is 2.58. The van der Waals surface area contributed by atoms with Crippen LogP contribution >= 0.6 is 15.9 Å². The Kier molecular flexibility index (Phi) is 1.92. The molecule has 0 aliphatic rings. The lowest BCUT2D eigenvalue weighted by atomic mass is 10.2. The topological polar surface area (TPSA) is 33.1 Å². The molecule has 0 fully saturated rings. The summed E-state index contributed by atoms with van der Waals surface area (Å²) in [6.07, 6.45) is 1.14. The first kappa shape index (κ1) is 8.44. The van der Waals surface area contributed by atoms with Crippen LogP contribution in [0.15, 0.2) is 28.9 Å². The number of phenolic OH excluding ortho intramolecular Hbond substituents is 1. The van der Waals surface area contributed by atoms with Gasteiger partial charge in [0.05, 0.1) is 16.2 Å². The Hall–Kier alpha value is -1.16. The molecule has 0 saturated carbocycles. The fraction of sp³-hybridized carbons (Fsp3) is 0. The molecule has 0 spiro atoms. The van der Waals surface area contributed by atoms with Crippen LogP contribution in [-0.2, 0) is 0 Å². The van der Waals surface area contributed by atoms with Crippen LogP contribution in [0.2, 0.25) is 0 Å². The molecule has 1 heterocycles. The Bertz CT molecular complexity index is 467. The van der Waals surface area contributed by atoms with Crippen LogP contribution in [0.1, 0.15) is 0 Å². The molecule has 13 heavy (non-hydrogen) atoms. The maximum absolute atomic E-state index is 12.8. The first-order valence-electron chi connectivity index (χ1n) is 3.61. The van der Waals surface area contributed by atoms with Crippen molar-refractivity contribution in [3.05, 3.63) is 34.7 Å². The molecule has 0 saturated heterocycles. The summed E-state index contributed by atoms with van der Waals surface area (Å²) in [5.74, 6) is -0.335. The minimum Gasteiger partial charge on any atom is -0.507 e. The Balaban J connectivity index is 2.89. The van der Waals surface area contributed by atoms with Crippen LogP contribution in [0.4, 0.5) is 4.39 Å². The number of nitrogens with zero attached hydrogens (tertiary/aromatic N) is 1. The summed E-state index contributed by atoms with van der Waals surface area (Å²) in [7, 11) is 0. The molecule has 1 aromatic heterocycles. The number of hydrogen-bond donors (Lipinski definition) is 1. The van der Waals surface area contributed by atoms with Gasteiger partial charge in [0.2, 0.25) is 0 Å². The predicted octanol–water partition coefficient (Wildman–Crippen LogP) is 2.84. The molecule has 0 atom stereocenters. The van der Waals surface area contributed by atoms with E-state index in [0.717, 1.165) is 6.20 Å². The Morgan fingerprint density at radius 2 is 2.15 bits per heavy atom. The molecule has 0 unspecified atom stereocenters. The maximum Gasteiger partial charge on any atom is 0.142 e. The molecule has 66 valence electrons. The van der Waals surface area contributed by atoms with E-state index in [9.17, 15) is 9.50 Å². The zero-order valence-electron chi connectivity index (χ0n) is 6.46. The summed E-state index contributed by atoms with van der Waals surface area (Å²) in [5, 5.41) is 9.88. The lowest BCUT2D eigenvalue weighted by Gasteiger charge is -2.01. The summed E-state index contributed by atoms with van der Waals surface area (Å²) >= 11 is 3.16. The van der Waals surface area contributed by atoms with Crippen molar-refractivity contribution in [2.24, 2.45) is 0 Å². The summed E-state index contributed by atoms with van der Waals surface area (Å²) in [4.78, 5) is 3.87. The van der Waals surface area contributed by atoms with E-state index in [1.165, 1.54) is 12.1 Å². The average molecular weight is 242 g/mol. The lowest BCUT2D eigenvalue weighted by Crippen LogP contribution is -1.82. The van der Waals surface area contributed by atoms with E-state index in [1.807, 2.05) is 0 Å². The van der Waals surface area contributed by atoms with Crippen molar-refractivity contribution < 1.29 is 9.50 Å². The van der Waals surface area contributed by atoms with Gasteiger partial charge in [0.25, 0.3) is 0 Å². The van der Waals surface area contributed by atoms with E-state index in [2.05, 4.69) is 20.9 Å². The average Bonchev–Trinajstić information content (AvgIpc) is 2.12. The highest BCUT2D eigenvalue weighted by Gasteiger charge is 2.05. The van der Waals surface area contributed by atoms with Crippen molar-refractivity contribution in [3.63, 3.8) is 0 Å². The van der Waals surface area contributed by atoms with Crippen molar-refractivity contribution in [2.75, 3.05) is 0 Å². The minimum absolute atomic E-state index is 0.0832. The number of benzene rings is 1. The summed E-state index contributed by atoms with van der Waals surface area (Å²) in [5.41, 5.74) is 0.645. The van der Waals surface area contributed by atoms with E-state index in [4.69, 9.17) is 0 Å². The number of aromatic nitrogens is 1. The molecular formula is C9H5BrFNO. The molecule has 4 heteroatoms. The van der Waals surface area contributed by atoms with Gasteiger partial charge in [-0.15, -0.1) is 0 Å². The SMILES string of the molecule is Oc1ccc2ncc(F)cc2c1Br. The zero-order chi connectivity index (χ0) is 9.42. The Morgan fingerprint density at radius 3 is 2.92 bits per heavy atom. The molecule has 0 radical (unpaired) electrons. The number of halogens is 2. The number of hydrogen-bond acceptors (Lipinski definition) is 2. The highest BCUT2D eigenvalue weighted by molar-refractivity contribution is 9.10. The van der Waals surface area contributed by atoms with Crippen molar-refractivity contribution >= 4 is 26.8 Å². The van der Waals surface area contributed by atoms with Crippen LogP contribution in [0.5, 0.6) is 5.75 Å². The molecular weight excluding hydrogens is 237 g/mol. The van der Waals surface area contributed by atoms with E-state index < -0.39 is 5.82 Å². The highest BCUT2D eigenvalue weighted by atomic mass is 79.9. The van der Waals surface area contributed by atoms with Gasteiger partial charge in [-0.3, -0.25) is 4.98 Å². The lowest BCUT2D eigenvalue weighted by molar-refractivity contribution is 0.473. The van der Waals surface area contributed by atoms with Crippen LogP contribution < -0.4 is 0 Å². The molecule has 0 aliphatic carbocycles. The Morgan fingerprint density at radius 1 is 1.38 bits per heavy atom. The standard InChI is InChI=1S/C9H5BrFNO/c10-9-6-3-5(11)4-12-7(6)1-2-8(9)13/h1-4,13H. The van der Waals surface area contributed by atoms with Crippen LogP contribution in [-0.4, -0.2) is 10.1 Å². The summed E-state index contributed by atoms with van der Waals surface area (Å²) < 4.78 is 13.3. The van der Waals surface area contributed by atoms with E-state index >= 15 is 0 Å². The summed E-state index contributed by atoms with van der Waals surface area (Å²) in [6, 6.07) is 4.47. The Labute approximate surface area is 82.2 Å². The molecule has 2 aromatic rings. The van der Waals surface area contributed by atoms with Crippen LogP contribution in [0.3, 0.4) is 0 Å². The largest absolute Gasteiger partial charge is 0.507 e. The smallest absolute Gasteiger partial charge is 0.142 e. The van der Waals surface area contributed by atoms with Gasteiger partial charge in [-0.1, -0.05) is 0 Å². The van der Waals surface area contributed by atoms with Gasteiger partial charge in [0.15, 0.2) is 0 Å². The van der Waals surface area contributed by atoms with Crippen LogP contribution in [0, 0.1) is 5.82 Å². The molecule has 1 N–H and O–H groups in total. The predicted molar refractivity (Wildman–Crippen MR) is 51.1 cm³/mol. The van der Waals surface area contributed by atoms with E-state index in [1.54, 1.807) is 6.07 Å². The van der Waals surface area contributed by atoms with Crippen molar-refractivity contribution in [1.82, 2.24) is 4.98 Å². The number of phenols is 1. The number of aromatic hydroxyl groups is 1. The van der Waals surface area contributed by atoms with Gasteiger partial charge in [-0.05, 0) is 34.1 Å². The monoisotopic (exact) mass is 241 g/mol. The fourth-order valence-corrected chi connectivity index (χ4v) is 1.58. The number of pyridine rings is 1. The molecule has 0 aliphatic heterocycles. The number of rotatable bonds is 0. The van der Waals surface area contributed by atoms with E-state index in [-0.39, 0.29) is 5.75 Å². The fourth-order valence-electron chi connectivity index (χ4n) is 1.13. The zero-order valence-corrected chi connectivity index (χ0v) is 8.05. The normalized spacial score (nSPS) is 10.6. The van der Waals surface area contributed by atoms with Gasteiger partial charge in [-0.2, -0.15) is 0 Å². The molecule has 1 aromatic carbocycles. The quantitative estimate of drug-likeness (QED) is 0.770. The van der Waals surface area contributed by atoms with E-state index in [0.29, 0.717) is 15.4 Å². The van der Waals surface area contributed by atoms with Gasteiger partial charge >= 0.3 is 0 Å². The first-order chi connectivity index (χ1) is 6.18. The second-order valence-corrected chi connectivity index (χ2v) is 3.41. The second-order valence-electron chi connectivity index (χ2n) is 2.62. The first-order valence-corrected chi connectivity index (χ1v) is 4.40. The number of fused-ring (bicyclic) bond motifs is 1. The van der Waals surface area contributed by atoms with Crippen molar-refractivity contribution in [2.45, 2.75) is 0 Å². The van der Waals surface area contributed by atoms with Crippen molar-refractivity contribution in [1.29, 1.82) is 0 Å². The third-order valence-electron chi connectivity index (χ3n) is 1.75. The van der Waals surface area contributed by atoms with Gasteiger partial charge in [0, 0.05) is 5.39 Å². The maximum atomic E-state index is 12.8. The van der Waals surface area contributed by atoms with Crippen molar-refractivity contribution in [3.8, 4) is 5.75 Å². The third kappa shape index (κ3) is 1.37. The van der Waals surface area contributed by atoms with Crippen LogP contribution in [0.25, 0.3) is 10.9 Å². The molecule has 0 amide bonds. The van der Waals surface area contributed by atoms with Gasteiger partial charge in [-0.25, -0.2) is 4.39 Å². The highest BCUT2D eigenvalue weighted by Crippen LogP contribution is 2.31. The molecule has 0 bridgehead atoms. The minimum atomic E-state index is -0.418. The second kappa shape index (κ2) is 2.96. The van der Waals surface area contributed by atoms with Gasteiger partial charge < -0.3 is 5.11 Å². The van der Waals surface area contributed by atoms with Gasteiger partial charge in [0.1, 0.15) is 11.6 Å². The molecule has 2 nitrogen and oxygen atoms in total. The molecule has 2 rings (SSSR count). The summed E-state index contributed by atoms with van der Waals surface area (Å²) in [6.45, 7) is 0.